The highest BCUT2D eigenvalue weighted by Gasteiger charge is 2.49. The molecule has 3 N–H and O–H groups in total. The van der Waals surface area contributed by atoms with Gasteiger partial charge in [-0.2, -0.15) is 0 Å². The van der Waals surface area contributed by atoms with Gasteiger partial charge in [-0.25, -0.2) is 4.79 Å². The zero-order valence-corrected chi connectivity index (χ0v) is 16.2. The lowest BCUT2D eigenvalue weighted by atomic mass is 9.98. The van der Waals surface area contributed by atoms with Crippen molar-refractivity contribution in [2.24, 2.45) is 0 Å². The van der Waals surface area contributed by atoms with Crippen molar-refractivity contribution in [2.45, 2.75) is 102 Å². The average Bonchev–Trinajstić information content (AvgIpc) is 2.67. The third kappa shape index (κ3) is 8.13. The van der Waals surface area contributed by atoms with Crippen LogP contribution in [0.3, 0.4) is 0 Å². The number of rotatable bonds is 13. The number of esters is 1. The van der Waals surface area contributed by atoms with Gasteiger partial charge >= 0.3 is 11.9 Å². The van der Waals surface area contributed by atoms with Gasteiger partial charge in [0.05, 0.1) is 0 Å². The monoisotopic (exact) mass is 391 g/mol. The minimum Gasteiger partial charge on any atom is -0.479 e. The minimum absolute atomic E-state index is 0.329. The maximum atomic E-state index is 12.1. The van der Waals surface area contributed by atoms with Gasteiger partial charge in [0.25, 0.3) is 0 Å². The highest BCUT2D eigenvalue weighted by molar-refractivity contribution is 5.73. The number of aliphatic hydroxyl groups excluding tert-OH is 2. The van der Waals surface area contributed by atoms with Crippen LogP contribution in [-0.2, 0) is 23.8 Å². The molecule has 6 atom stereocenters. The number of carboxylic acids is 1. The number of unbranched alkanes of at least 4 members (excludes halogenated alkanes) is 7. The van der Waals surface area contributed by atoms with Crippen LogP contribution in [-0.4, -0.2) is 65.1 Å². The fraction of sp³-hybridized carbons (Fsp3) is 0.895. The largest absolute Gasteiger partial charge is 0.479 e. The first-order chi connectivity index (χ1) is 13.3. The maximum absolute atomic E-state index is 12.1. The predicted octanol–water partition coefficient (Wildman–Crippen LogP) is 2.00. The lowest BCUT2D eigenvalue weighted by molar-refractivity contribution is -0.291. The maximum Gasteiger partial charge on any atom is 0.335 e. The molecule has 0 aliphatic carbocycles. The third-order valence-corrected chi connectivity index (χ3v) is 4.64. The number of ether oxygens (including phenoxy) is 3. The molecule has 1 aliphatic rings. The van der Waals surface area contributed by atoms with E-state index in [1.54, 1.807) is 0 Å². The summed E-state index contributed by atoms with van der Waals surface area (Å²) in [5, 5.41) is 29.0. The minimum atomic E-state index is -1.78. The molecule has 0 aromatic rings. The second kappa shape index (κ2) is 13.0. The summed E-state index contributed by atoms with van der Waals surface area (Å²) in [6.07, 6.45) is 0.0545. The van der Waals surface area contributed by atoms with E-state index in [1.807, 2.05) is 0 Å². The molecule has 0 saturated carbocycles. The van der Waals surface area contributed by atoms with Crippen molar-refractivity contribution < 1.29 is 40.5 Å². The Hall–Kier alpha value is -1.22. The fourth-order valence-electron chi connectivity index (χ4n) is 3.04. The van der Waals surface area contributed by atoms with E-state index < -0.39 is 49.0 Å². The van der Waals surface area contributed by atoms with Gasteiger partial charge in [-0.05, 0) is 6.42 Å². The van der Waals surface area contributed by atoms with Gasteiger partial charge in [0, 0.05) is 14.9 Å². The third-order valence-electron chi connectivity index (χ3n) is 4.64. The van der Waals surface area contributed by atoms with Crippen molar-refractivity contribution in [3.05, 3.63) is 0 Å². The Labute approximate surface area is 162 Å². The summed E-state index contributed by atoms with van der Waals surface area (Å²) in [5.41, 5.74) is 0. The van der Waals surface area contributed by atoms with Crippen molar-refractivity contribution in [1.82, 2.24) is 0 Å². The van der Waals surface area contributed by atoms with Gasteiger partial charge in [0.2, 0.25) is 0 Å². The van der Waals surface area contributed by atoms with Crippen molar-refractivity contribution in [3.8, 4) is 0 Å². The van der Waals surface area contributed by atoms with Crippen molar-refractivity contribution in [1.29, 1.82) is 0 Å². The van der Waals surface area contributed by atoms with Crippen LogP contribution in [0.2, 0.25) is 0 Å². The molecule has 8 nitrogen and oxygen atoms in total. The number of aliphatic carboxylic acids is 1. The molecular formula is C19H34O8. The zero-order valence-electron chi connectivity index (χ0n) is 17.2. The Balaban J connectivity index is 2.40. The van der Waals surface area contributed by atoms with E-state index in [1.165, 1.54) is 32.8 Å². The van der Waals surface area contributed by atoms with E-state index in [2.05, 4.69) is 6.92 Å². The van der Waals surface area contributed by atoms with E-state index in [0.717, 1.165) is 25.7 Å². The number of carbonyl (C=O) groups excluding carboxylic acids is 1. The second-order valence-corrected chi connectivity index (χ2v) is 6.85. The number of carbonyl (C=O) groups is 2. The van der Waals surface area contributed by atoms with Crippen LogP contribution in [0.25, 0.3) is 0 Å². The van der Waals surface area contributed by atoms with Crippen molar-refractivity contribution in [2.75, 3.05) is 7.11 Å². The summed E-state index contributed by atoms with van der Waals surface area (Å²) in [7, 11) is 1.20. The Morgan fingerprint density at radius 2 is 1.56 bits per heavy atom. The zero-order chi connectivity index (χ0) is 21.1. The van der Waals surface area contributed by atoms with E-state index in [9.17, 15) is 19.8 Å². The first-order valence-corrected chi connectivity index (χ1v) is 9.73. The quantitative estimate of drug-likeness (QED) is 0.322. The summed E-state index contributed by atoms with van der Waals surface area (Å²) in [5.74, 6) is -2.33. The summed E-state index contributed by atoms with van der Waals surface area (Å²) in [4.78, 5) is 23.2. The molecule has 0 bridgehead atoms. The van der Waals surface area contributed by atoms with E-state index in [4.69, 9.17) is 20.7 Å². The Morgan fingerprint density at radius 1 is 1.00 bits per heavy atom. The van der Waals surface area contributed by atoms with Crippen LogP contribution < -0.4 is 0 Å². The SMILES string of the molecule is [2H]C(CCCCCCCCCC)C(=O)O[C@H]1C(OC)O[C@H](C(=O)O)[C@@H](O)[C@@H]1O. The average molecular weight is 391 g/mol. The molecule has 1 aliphatic heterocycles. The number of hydrogen-bond donors (Lipinski definition) is 3. The highest BCUT2D eigenvalue weighted by atomic mass is 16.7. The highest BCUT2D eigenvalue weighted by Crippen LogP contribution is 2.25. The van der Waals surface area contributed by atoms with E-state index in [-0.39, 0.29) is 0 Å². The van der Waals surface area contributed by atoms with Crippen molar-refractivity contribution >= 4 is 11.9 Å². The smallest absolute Gasteiger partial charge is 0.335 e. The predicted molar refractivity (Wildman–Crippen MR) is 97.0 cm³/mol. The van der Waals surface area contributed by atoms with Gasteiger partial charge in [-0.3, -0.25) is 4.79 Å². The Kier molecular flexibility index (Phi) is 10.7. The Morgan fingerprint density at radius 3 is 2.07 bits per heavy atom. The lowest BCUT2D eigenvalue weighted by Gasteiger charge is -2.39. The fourth-order valence-corrected chi connectivity index (χ4v) is 3.04. The summed E-state index contributed by atoms with van der Waals surface area (Å²) in [6, 6.07) is 0. The molecule has 0 aromatic heterocycles. The molecule has 1 fully saturated rings. The topological polar surface area (TPSA) is 123 Å². The van der Waals surface area contributed by atoms with Crippen LogP contribution in [0.5, 0.6) is 0 Å². The summed E-state index contributed by atoms with van der Waals surface area (Å²) in [6.45, 7) is 2.17. The molecule has 1 rings (SSSR count). The van der Waals surface area contributed by atoms with Crippen LogP contribution in [0.1, 0.15) is 72.5 Å². The van der Waals surface area contributed by atoms with E-state index in [0.29, 0.717) is 6.42 Å². The molecule has 27 heavy (non-hydrogen) atoms. The molecule has 0 spiro atoms. The number of carboxylic acid groups (broad SMARTS) is 1. The van der Waals surface area contributed by atoms with Gasteiger partial charge in [0.1, 0.15) is 12.2 Å². The van der Waals surface area contributed by atoms with Crippen LogP contribution in [0, 0.1) is 0 Å². The van der Waals surface area contributed by atoms with Gasteiger partial charge in [-0.15, -0.1) is 0 Å². The summed E-state index contributed by atoms with van der Waals surface area (Å²) >= 11 is 0. The van der Waals surface area contributed by atoms with Gasteiger partial charge in [0.15, 0.2) is 18.5 Å². The molecule has 0 amide bonds. The molecule has 0 radical (unpaired) electrons. The molecule has 1 saturated heterocycles. The number of methoxy groups -OCH3 is 1. The molecule has 158 valence electrons. The standard InChI is InChI=1S/C19H34O8/c1-3-4-5-6-7-8-9-10-11-12-13(20)26-17-15(22)14(21)16(18(23)24)27-19(17)25-2/h14-17,19,21-22H,3-12H2,1-2H3,(H,23,24)/t14-,15-,16-,17+,19?/m0/s1/i12D/t12?,14-,15-,16-,17+,19?. The Bertz CT molecular complexity index is 473. The first-order valence-electron chi connectivity index (χ1n) is 10.3. The number of aliphatic hydroxyl groups is 2. The van der Waals surface area contributed by atoms with Crippen LogP contribution >= 0.6 is 0 Å². The van der Waals surface area contributed by atoms with Gasteiger partial charge < -0.3 is 29.5 Å². The summed E-state index contributed by atoms with van der Waals surface area (Å²) < 4.78 is 23.0. The molecule has 8 heteroatoms. The second-order valence-electron chi connectivity index (χ2n) is 6.85. The molecule has 1 heterocycles. The van der Waals surface area contributed by atoms with Crippen molar-refractivity contribution in [3.63, 3.8) is 0 Å². The first kappa shape index (κ1) is 22.1. The molecule has 2 unspecified atom stereocenters. The number of hydrogen-bond acceptors (Lipinski definition) is 7. The van der Waals surface area contributed by atoms with Crippen LogP contribution in [0.15, 0.2) is 0 Å². The molecule has 0 aromatic carbocycles. The van der Waals surface area contributed by atoms with E-state index >= 15 is 0 Å². The normalized spacial score (nSPS) is 29.8. The van der Waals surface area contributed by atoms with Crippen LogP contribution in [0.4, 0.5) is 0 Å². The van der Waals surface area contributed by atoms with Gasteiger partial charge in [-0.1, -0.05) is 58.3 Å². The lowest BCUT2D eigenvalue weighted by Crippen LogP contribution is -2.61. The molecular weight excluding hydrogens is 356 g/mol.